The summed E-state index contributed by atoms with van der Waals surface area (Å²) >= 11 is 5.45. The van der Waals surface area contributed by atoms with E-state index in [9.17, 15) is 0 Å². The highest BCUT2D eigenvalue weighted by atomic mass is 32.1. The minimum atomic E-state index is 0.577. The van der Waals surface area contributed by atoms with Gasteiger partial charge < -0.3 is 9.72 Å². The standard InChI is InChI=1S/C16H13N3OS/c1-10-6-7-11(9-17)8-13(10)19-12-4-3-5-14(20-2)15(12)18-16(19)21/h3-8H,1-2H3,(H,18,21). The van der Waals surface area contributed by atoms with Crippen LogP contribution in [0.2, 0.25) is 0 Å². The van der Waals surface area contributed by atoms with Crippen molar-refractivity contribution in [3.05, 3.63) is 52.3 Å². The molecule has 0 spiro atoms. The van der Waals surface area contributed by atoms with Gasteiger partial charge in [0, 0.05) is 0 Å². The number of aromatic nitrogens is 2. The van der Waals surface area contributed by atoms with Crippen molar-refractivity contribution >= 4 is 23.3 Å². The van der Waals surface area contributed by atoms with Crippen LogP contribution in [0.1, 0.15) is 11.1 Å². The Morgan fingerprint density at radius 1 is 1.29 bits per heavy atom. The van der Waals surface area contributed by atoms with Gasteiger partial charge in [0.25, 0.3) is 0 Å². The average molecular weight is 295 g/mol. The van der Waals surface area contributed by atoms with Gasteiger partial charge in [0.05, 0.1) is 29.9 Å². The van der Waals surface area contributed by atoms with Gasteiger partial charge >= 0.3 is 0 Å². The summed E-state index contributed by atoms with van der Waals surface area (Å²) < 4.78 is 7.87. The summed E-state index contributed by atoms with van der Waals surface area (Å²) in [5.74, 6) is 0.742. The van der Waals surface area contributed by atoms with E-state index in [1.165, 1.54) is 0 Å². The van der Waals surface area contributed by atoms with Gasteiger partial charge in [-0.25, -0.2) is 0 Å². The van der Waals surface area contributed by atoms with Gasteiger partial charge in [-0.05, 0) is 49.0 Å². The van der Waals surface area contributed by atoms with E-state index in [-0.39, 0.29) is 0 Å². The molecule has 0 amide bonds. The first-order chi connectivity index (χ1) is 10.2. The maximum absolute atomic E-state index is 9.10. The van der Waals surface area contributed by atoms with Gasteiger partial charge in [-0.15, -0.1) is 0 Å². The van der Waals surface area contributed by atoms with Crippen LogP contribution in [-0.4, -0.2) is 16.7 Å². The molecule has 0 atom stereocenters. The maximum Gasteiger partial charge on any atom is 0.182 e. The lowest BCUT2D eigenvalue weighted by Crippen LogP contribution is -1.98. The number of nitrogens with zero attached hydrogens (tertiary/aromatic N) is 2. The summed E-state index contributed by atoms with van der Waals surface area (Å²) in [6.45, 7) is 2.00. The van der Waals surface area contributed by atoms with Crippen LogP contribution in [0.4, 0.5) is 0 Å². The lowest BCUT2D eigenvalue weighted by molar-refractivity contribution is 0.419. The molecule has 3 rings (SSSR count). The molecule has 2 aromatic carbocycles. The molecular formula is C16H13N3OS. The number of fused-ring (bicyclic) bond motifs is 1. The van der Waals surface area contributed by atoms with Crippen LogP contribution in [0.5, 0.6) is 5.75 Å². The number of nitrogens with one attached hydrogen (secondary N) is 1. The average Bonchev–Trinajstić information content (AvgIpc) is 2.83. The summed E-state index contributed by atoms with van der Waals surface area (Å²) in [5.41, 5.74) is 4.34. The second-order valence-corrected chi connectivity index (χ2v) is 5.12. The highest BCUT2D eigenvalue weighted by Crippen LogP contribution is 2.28. The van der Waals surface area contributed by atoms with Crippen molar-refractivity contribution in [3.8, 4) is 17.5 Å². The lowest BCUT2D eigenvalue weighted by atomic mass is 10.1. The Bertz CT molecular complexity index is 931. The quantitative estimate of drug-likeness (QED) is 0.730. The van der Waals surface area contributed by atoms with Gasteiger partial charge in [0.1, 0.15) is 11.3 Å². The molecule has 3 aromatic rings. The smallest absolute Gasteiger partial charge is 0.182 e. The Labute approximate surface area is 127 Å². The van der Waals surface area contributed by atoms with Gasteiger partial charge in [-0.2, -0.15) is 5.26 Å². The molecule has 0 aliphatic rings. The Balaban J connectivity index is 2.39. The van der Waals surface area contributed by atoms with Crippen LogP contribution in [0, 0.1) is 23.0 Å². The number of imidazole rings is 1. The Morgan fingerprint density at radius 2 is 2.10 bits per heavy atom. The number of nitriles is 1. The van der Waals surface area contributed by atoms with Gasteiger partial charge in [-0.1, -0.05) is 12.1 Å². The van der Waals surface area contributed by atoms with Gasteiger partial charge in [-0.3, -0.25) is 4.57 Å². The number of rotatable bonds is 2. The summed E-state index contributed by atoms with van der Waals surface area (Å²) in [5, 5.41) is 9.10. The van der Waals surface area contributed by atoms with Gasteiger partial charge in [0.15, 0.2) is 4.77 Å². The number of ether oxygens (including phenoxy) is 1. The topological polar surface area (TPSA) is 53.7 Å². The molecule has 1 heterocycles. The normalized spacial score (nSPS) is 10.5. The van der Waals surface area contributed by atoms with Crippen molar-refractivity contribution < 1.29 is 4.74 Å². The third-order valence-corrected chi connectivity index (χ3v) is 3.76. The van der Waals surface area contributed by atoms with E-state index >= 15 is 0 Å². The van der Waals surface area contributed by atoms with E-state index in [2.05, 4.69) is 11.1 Å². The Morgan fingerprint density at radius 3 is 2.81 bits per heavy atom. The number of benzene rings is 2. The summed E-state index contributed by atoms with van der Waals surface area (Å²) in [6.07, 6.45) is 0. The zero-order valence-electron chi connectivity index (χ0n) is 11.7. The van der Waals surface area contributed by atoms with E-state index in [1.807, 2.05) is 41.8 Å². The second kappa shape index (κ2) is 5.08. The minimum absolute atomic E-state index is 0.577. The summed E-state index contributed by atoms with van der Waals surface area (Å²) in [4.78, 5) is 3.18. The molecule has 0 radical (unpaired) electrons. The van der Waals surface area contributed by atoms with Crippen LogP contribution in [-0.2, 0) is 0 Å². The third-order valence-electron chi connectivity index (χ3n) is 3.48. The van der Waals surface area contributed by atoms with Crippen molar-refractivity contribution in [3.63, 3.8) is 0 Å². The maximum atomic E-state index is 9.10. The van der Waals surface area contributed by atoms with Crippen LogP contribution in [0.3, 0.4) is 0 Å². The molecule has 0 aliphatic carbocycles. The number of para-hydroxylation sites is 1. The number of hydrogen-bond acceptors (Lipinski definition) is 3. The molecule has 104 valence electrons. The molecule has 0 aliphatic heterocycles. The van der Waals surface area contributed by atoms with Crippen LogP contribution in [0.15, 0.2) is 36.4 Å². The second-order valence-electron chi connectivity index (χ2n) is 4.73. The number of H-pyrrole nitrogens is 1. The first kappa shape index (κ1) is 13.4. The molecule has 5 heteroatoms. The first-order valence-corrected chi connectivity index (χ1v) is 6.85. The highest BCUT2D eigenvalue weighted by Gasteiger charge is 2.12. The van der Waals surface area contributed by atoms with E-state index < -0.39 is 0 Å². The predicted octanol–water partition coefficient (Wildman–Crippen LogP) is 3.88. The number of hydrogen-bond donors (Lipinski definition) is 1. The van der Waals surface area contributed by atoms with Crippen molar-refractivity contribution in [1.29, 1.82) is 5.26 Å². The van der Waals surface area contributed by atoms with E-state index in [4.69, 9.17) is 22.2 Å². The molecule has 1 aromatic heterocycles. The molecule has 0 saturated heterocycles. The fourth-order valence-corrected chi connectivity index (χ4v) is 2.73. The molecule has 0 bridgehead atoms. The fourth-order valence-electron chi connectivity index (χ4n) is 2.43. The van der Waals surface area contributed by atoms with E-state index in [0.29, 0.717) is 10.3 Å². The minimum Gasteiger partial charge on any atom is -0.494 e. The molecule has 0 fully saturated rings. The van der Waals surface area contributed by atoms with Crippen molar-refractivity contribution in [1.82, 2.24) is 9.55 Å². The number of aromatic amines is 1. The Kier molecular flexibility index (Phi) is 3.24. The van der Waals surface area contributed by atoms with Crippen molar-refractivity contribution in [2.45, 2.75) is 6.92 Å². The van der Waals surface area contributed by atoms with E-state index in [0.717, 1.165) is 28.0 Å². The molecule has 4 nitrogen and oxygen atoms in total. The zero-order valence-corrected chi connectivity index (χ0v) is 12.5. The molecule has 1 N–H and O–H groups in total. The summed E-state index contributed by atoms with van der Waals surface area (Å²) in [7, 11) is 1.63. The fraction of sp³-hybridized carbons (Fsp3) is 0.125. The largest absolute Gasteiger partial charge is 0.494 e. The zero-order chi connectivity index (χ0) is 15.0. The van der Waals surface area contributed by atoms with Crippen LogP contribution >= 0.6 is 12.2 Å². The van der Waals surface area contributed by atoms with Crippen LogP contribution in [0.25, 0.3) is 16.7 Å². The SMILES string of the molecule is COc1cccc2c1[nH]c(=S)n2-c1cc(C#N)ccc1C. The summed E-state index contributed by atoms with van der Waals surface area (Å²) in [6, 6.07) is 13.5. The molecule has 0 saturated carbocycles. The van der Waals surface area contributed by atoms with Gasteiger partial charge in [0.2, 0.25) is 0 Å². The van der Waals surface area contributed by atoms with Crippen molar-refractivity contribution in [2.75, 3.05) is 7.11 Å². The molecular weight excluding hydrogens is 282 g/mol. The van der Waals surface area contributed by atoms with Crippen LogP contribution < -0.4 is 4.74 Å². The number of methoxy groups -OCH3 is 1. The first-order valence-electron chi connectivity index (χ1n) is 6.44. The van der Waals surface area contributed by atoms with E-state index in [1.54, 1.807) is 13.2 Å². The highest BCUT2D eigenvalue weighted by molar-refractivity contribution is 7.71. The number of aryl methyl sites for hydroxylation is 1. The Hall–Kier alpha value is -2.58. The predicted molar refractivity (Wildman–Crippen MR) is 84.5 cm³/mol. The molecule has 21 heavy (non-hydrogen) atoms. The third kappa shape index (κ3) is 2.10. The monoisotopic (exact) mass is 295 g/mol. The lowest BCUT2D eigenvalue weighted by Gasteiger charge is -2.09. The molecule has 0 unspecified atom stereocenters. The van der Waals surface area contributed by atoms with Crippen molar-refractivity contribution in [2.24, 2.45) is 0 Å².